The highest BCUT2D eigenvalue weighted by Gasteiger charge is 2.23. The zero-order valence-corrected chi connectivity index (χ0v) is 9.24. The maximum atomic E-state index is 9.72. The molecule has 15 heavy (non-hydrogen) atoms. The van der Waals surface area contributed by atoms with E-state index in [1.165, 1.54) is 12.8 Å². The minimum absolute atomic E-state index is 0.154. The molecule has 2 aliphatic rings. The molecule has 0 amide bonds. The van der Waals surface area contributed by atoms with Gasteiger partial charge in [0.1, 0.15) is 0 Å². The number of rotatable bonds is 5. The lowest BCUT2D eigenvalue weighted by Gasteiger charge is -2.19. The van der Waals surface area contributed by atoms with E-state index in [0.29, 0.717) is 12.6 Å². The summed E-state index contributed by atoms with van der Waals surface area (Å²) in [6.45, 7) is 2.81. The Balaban J connectivity index is 1.56. The number of ether oxygens (including phenoxy) is 1. The average molecular weight is 214 g/mol. The van der Waals surface area contributed by atoms with Crippen LogP contribution in [0, 0.1) is 0 Å². The predicted molar refractivity (Wildman–Crippen MR) is 58.6 cm³/mol. The van der Waals surface area contributed by atoms with E-state index in [-0.39, 0.29) is 6.04 Å². The molecule has 0 bridgehead atoms. The molecular weight excluding hydrogens is 192 g/mol. The van der Waals surface area contributed by atoms with E-state index in [2.05, 4.69) is 10.6 Å². The van der Waals surface area contributed by atoms with Gasteiger partial charge in [0, 0.05) is 6.04 Å². The Labute approximate surface area is 91.4 Å². The van der Waals surface area contributed by atoms with Crippen molar-refractivity contribution < 1.29 is 9.84 Å². The first-order chi connectivity index (χ1) is 7.36. The van der Waals surface area contributed by atoms with E-state index in [0.717, 1.165) is 32.4 Å². The van der Waals surface area contributed by atoms with Gasteiger partial charge in [-0.3, -0.25) is 0 Å². The normalized spacial score (nSPS) is 33.4. The second-order valence-electron chi connectivity index (χ2n) is 4.55. The molecule has 3 atom stereocenters. The van der Waals surface area contributed by atoms with Crippen LogP contribution in [0.3, 0.4) is 0 Å². The summed E-state index contributed by atoms with van der Waals surface area (Å²) in [6, 6.07) is 0.760. The Morgan fingerprint density at radius 3 is 2.67 bits per heavy atom. The summed E-state index contributed by atoms with van der Waals surface area (Å²) in [7, 11) is 0. The van der Waals surface area contributed by atoms with Crippen LogP contribution >= 0.6 is 0 Å². The first kappa shape index (κ1) is 11.3. The van der Waals surface area contributed by atoms with E-state index >= 15 is 0 Å². The summed E-state index contributed by atoms with van der Waals surface area (Å²) in [5.41, 5.74) is 0. The second kappa shape index (κ2) is 5.80. The van der Waals surface area contributed by atoms with Crippen molar-refractivity contribution in [2.75, 3.05) is 19.7 Å². The van der Waals surface area contributed by atoms with Gasteiger partial charge in [0.2, 0.25) is 0 Å². The molecule has 0 aromatic heterocycles. The first-order valence-corrected chi connectivity index (χ1v) is 6.13. The highest BCUT2D eigenvalue weighted by Crippen LogP contribution is 2.12. The van der Waals surface area contributed by atoms with Crippen LogP contribution in [-0.4, -0.2) is 43.2 Å². The molecule has 0 saturated carbocycles. The molecule has 88 valence electrons. The van der Waals surface area contributed by atoms with Crippen molar-refractivity contribution in [3.63, 3.8) is 0 Å². The third kappa shape index (κ3) is 3.41. The van der Waals surface area contributed by atoms with Gasteiger partial charge in [-0.05, 0) is 45.2 Å². The van der Waals surface area contributed by atoms with E-state index in [1.807, 2.05) is 0 Å². The lowest BCUT2D eigenvalue weighted by molar-refractivity contribution is -0.118. The Hall–Kier alpha value is -0.160. The second-order valence-corrected chi connectivity index (χ2v) is 4.55. The molecule has 2 rings (SSSR count). The average Bonchev–Trinajstić information content (AvgIpc) is 2.90. The molecule has 2 saturated heterocycles. The van der Waals surface area contributed by atoms with Gasteiger partial charge in [0.15, 0.2) is 6.29 Å². The van der Waals surface area contributed by atoms with Crippen molar-refractivity contribution in [1.82, 2.24) is 10.6 Å². The number of nitrogens with one attached hydrogen (secondary N) is 2. The van der Waals surface area contributed by atoms with Crippen LogP contribution in [0.1, 0.15) is 32.1 Å². The van der Waals surface area contributed by atoms with Gasteiger partial charge < -0.3 is 20.5 Å². The van der Waals surface area contributed by atoms with Gasteiger partial charge in [-0.2, -0.15) is 0 Å². The largest absolute Gasteiger partial charge is 0.367 e. The number of hydrogen-bond acceptors (Lipinski definition) is 4. The maximum absolute atomic E-state index is 9.72. The molecule has 2 heterocycles. The number of aliphatic hydroxyl groups excluding tert-OH is 1. The SMILES string of the molecule is OC(OCCC1CCCN1)C1CCCN1. The molecule has 2 aliphatic heterocycles. The monoisotopic (exact) mass is 214 g/mol. The van der Waals surface area contributed by atoms with Crippen LogP contribution in [0.5, 0.6) is 0 Å². The summed E-state index contributed by atoms with van der Waals surface area (Å²) in [5.74, 6) is 0. The molecule has 4 heteroatoms. The lowest BCUT2D eigenvalue weighted by atomic mass is 10.2. The van der Waals surface area contributed by atoms with Crippen LogP contribution in [-0.2, 0) is 4.74 Å². The zero-order chi connectivity index (χ0) is 10.5. The fourth-order valence-corrected chi connectivity index (χ4v) is 2.41. The minimum atomic E-state index is -0.617. The first-order valence-electron chi connectivity index (χ1n) is 6.13. The summed E-state index contributed by atoms with van der Waals surface area (Å²) >= 11 is 0. The Morgan fingerprint density at radius 1 is 1.20 bits per heavy atom. The van der Waals surface area contributed by atoms with E-state index in [1.54, 1.807) is 0 Å². The van der Waals surface area contributed by atoms with Crippen molar-refractivity contribution >= 4 is 0 Å². The van der Waals surface area contributed by atoms with Crippen molar-refractivity contribution in [2.45, 2.75) is 50.5 Å². The standard InChI is InChI=1S/C11H22N2O2/c14-11(10-4-2-7-13-10)15-8-5-9-3-1-6-12-9/h9-14H,1-8H2. The Kier molecular flexibility index (Phi) is 4.38. The van der Waals surface area contributed by atoms with Gasteiger partial charge >= 0.3 is 0 Å². The van der Waals surface area contributed by atoms with Crippen molar-refractivity contribution in [1.29, 1.82) is 0 Å². The van der Waals surface area contributed by atoms with Crippen molar-refractivity contribution in [2.24, 2.45) is 0 Å². The molecular formula is C11H22N2O2. The highest BCUT2D eigenvalue weighted by molar-refractivity contribution is 4.77. The molecule has 3 unspecified atom stereocenters. The lowest BCUT2D eigenvalue weighted by Crippen LogP contribution is -2.37. The fraction of sp³-hybridized carbons (Fsp3) is 1.00. The highest BCUT2D eigenvalue weighted by atomic mass is 16.6. The quantitative estimate of drug-likeness (QED) is 0.573. The predicted octanol–water partition coefficient (Wildman–Crippen LogP) is 0.216. The summed E-state index contributed by atoms with van der Waals surface area (Å²) < 4.78 is 5.44. The maximum Gasteiger partial charge on any atom is 0.169 e. The molecule has 0 radical (unpaired) electrons. The van der Waals surface area contributed by atoms with Crippen molar-refractivity contribution in [3.05, 3.63) is 0 Å². The van der Waals surface area contributed by atoms with Crippen LogP contribution in [0.2, 0.25) is 0 Å². The van der Waals surface area contributed by atoms with Gasteiger partial charge in [-0.15, -0.1) is 0 Å². The van der Waals surface area contributed by atoms with Crippen molar-refractivity contribution in [3.8, 4) is 0 Å². The van der Waals surface area contributed by atoms with E-state index in [9.17, 15) is 5.11 Å². The van der Waals surface area contributed by atoms with Crippen LogP contribution in [0.25, 0.3) is 0 Å². The van der Waals surface area contributed by atoms with Gasteiger partial charge in [-0.25, -0.2) is 0 Å². The number of hydrogen-bond donors (Lipinski definition) is 3. The minimum Gasteiger partial charge on any atom is -0.367 e. The van der Waals surface area contributed by atoms with Gasteiger partial charge in [0.25, 0.3) is 0 Å². The zero-order valence-electron chi connectivity index (χ0n) is 9.24. The molecule has 3 N–H and O–H groups in total. The van der Waals surface area contributed by atoms with Crippen LogP contribution < -0.4 is 10.6 Å². The Morgan fingerprint density at radius 2 is 2.00 bits per heavy atom. The summed E-state index contributed by atoms with van der Waals surface area (Å²) in [4.78, 5) is 0. The van der Waals surface area contributed by atoms with E-state index in [4.69, 9.17) is 4.74 Å². The molecule has 0 aromatic rings. The molecule has 2 fully saturated rings. The molecule has 0 aliphatic carbocycles. The van der Waals surface area contributed by atoms with Gasteiger partial charge in [0.05, 0.1) is 12.6 Å². The van der Waals surface area contributed by atoms with Crippen LogP contribution in [0.15, 0.2) is 0 Å². The number of aliphatic hydroxyl groups is 1. The molecule has 4 nitrogen and oxygen atoms in total. The Bertz CT molecular complexity index is 177. The third-order valence-corrected chi connectivity index (χ3v) is 3.36. The van der Waals surface area contributed by atoms with E-state index < -0.39 is 6.29 Å². The smallest absolute Gasteiger partial charge is 0.169 e. The summed E-state index contributed by atoms with van der Waals surface area (Å²) in [6.07, 6.45) is 5.11. The summed E-state index contributed by atoms with van der Waals surface area (Å²) in [5, 5.41) is 16.4. The topological polar surface area (TPSA) is 53.5 Å². The third-order valence-electron chi connectivity index (χ3n) is 3.36. The van der Waals surface area contributed by atoms with Gasteiger partial charge in [-0.1, -0.05) is 0 Å². The fourth-order valence-electron chi connectivity index (χ4n) is 2.41. The molecule has 0 aromatic carbocycles. The molecule has 0 spiro atoms. The van der Waals surface area contributed by atoms with Crippen LogP contribution in [0.4, 0.5) is 0 Å².